The summed E-state index contributed by atoms with van der Waals surface area (Å²) in [6, 6.07) is 5.65. The van der Waals surface area contributed by atoms with Crippen LogP contribution in [-0.2, 0) is 19.5 Å². The standard InChI is InChI=1S/C17H24N6O2.HI/c1-3-18-17(19-9-12-5-4-6-14(25-2)16(12)24)22-13-7-8-15-20-11-21-23(15)10-13;/h4-6,11,13,24H,3,7-10H2,1-2H3,(H2,18,19,22);1H. The minimum Gasteiger partial charge on any atom is -0.504 e. The van der Waals surface area contributed by atoms with Crippen LogP contribution >= 0.6 is 24.0 Å². The number of aryl methyl sites for hydroxylation is 1. The van der Waals surface area contributed by atoms with Crippen LogP contribution in [0.15, 0.2) is 29.5 Å². The van der Waals surface area contributed by atoms with Crippen LogP contribution in [0.2, 0.25) is 0 Å². The molecule has 0 spiro atoms. The molecule has 3 rings (SSSR count). The van der Waals surface area contributed by atoms with E-state index in [4.69, 9.17) is 4.74 Å². The molecule has 9 heteroatoms. The number of para-hydroxylation sites is 1. The Balaban J connectivity index is 0.00000243. The number of halogens is 1. The van der Waals surface area contributed by atoms with Crippen molar-refractivity contribution in [1.29, 1.82) is 0 Å². The Morgan fingerprint density at radius 1 is 1.46 bits per heavy atom. The number of guanidine groups is 1. The number of aliphatic imine (C=N–C) groups is 1. The van der Waals surface area contributed by atoms with Crippen molar-refractivity contribution >= 4 is 29.9 Å². The quantitative estimate of drug-likeness (QED) is 0.348. The summed E-state index contributed by atoms with van der Waals surface area (Å²) in [5.74, 6) is 2.34. The monoisotopic (exact) mass is 472 g/mol. The van der Waals surface area contributed by atoms with Crippen molar-refractivity contribution in [2.24, 2.45) is 4.99 Å². The topological polar surface area (TPSA) is 96.6 Å². The highest BCUT2D eigenvalue weighted by molar-refractivity contribution is 14.0. The molecule has 8 nitrogen and oxygen atoms in total. The summed E-state index contributed by atoms with van der Waals surface area (Å²) in [6.45, 7) is 3.91. The van der Waals surface area contributed by atoms with Gasteiger partial charge in [-0.3, -0.25) is 0 Å². The van der Waals surface area contributed by atoms with Gasteiger partial charge in [-0.15, -0.1) is 24.0 Å². The molecule has 1 aliphatic rings. The first-order valence-corrected chi connectivity index (χ1v) is 8.47. The Morgan fingerprint density at radius 3 is 3.08 bits per heavy atom. The maximum Gasteiger partial charge on any atom is 0.191 e. The van der Waals surface area contributed by atoms with Crippen LogP contribution in [0.1, 0.15) is 24.7 Å². The van der Waals surface area contributed by atoms with E-state index < -0.39 is 0 Å². The van der Waals surface area contributed by atoms with E-state index in [2.05, 4.69) is 25.7 Å². The average Bonchev–Trinajstić information content (AvgIpc) is 3.08. The van der Waals surface area contributed by atoms with Crippen molar-refractivity contribution in [3.05, 3.63) is 35.9 Å². The molecule has 2 heterocycles. The lowest BCUT2D eigenvalue weighted by Gasteiger charge is -2.25. The molecule has 0 bridgehead atoms. The molecule has 0 aliphatic carbocycles. The summed E-state index contributed by atoms with van der Waals surface area (Å²) in [5, 5.41) is 21.1. The number of ether oxygens (including phenoxy) is 1. The molecule has 0 amide bonds. The first kappa shape index (κ1) is 20.3. The summed E-state index contributed by atoms with van der Waals surface area (Å²) in [4.78, 5) is 8.84. The van der Waals surface area contributed by atoms with E-state index in [0.29, 0.717) is 12.3 Å². The molecule has 1 unspecified atom stereocenters. The highest BCUT2D eigenvalue weighted by Gasteiger charge is 2.20. The number of benzene rings is 1. The van der Waals surface area contributed by atoms with Gasteiger partial charge in [0.2, 0.25) is 0 Å². The maximum atomic E-state index is 10.2. The molecule has 1 aromatic heterocycles. The number of hydrogen-bond acceptors (Lipinski definition) is 5. The number of nitrogens with one attached hydrogen (secondary N) is 2. The number of hydrogen-bond donors (Lipinski definition) is 3. The first-order valence-electron chi connectivity index (χ1n) is 8.47. The molecule has 2 aromatic rings. The molecule has 142 valence electrons. The Hall–Kier alpha value is -2.04. The van der Waals surface area contributed by atoms with Crippen molar-refractivity contribution in [3.63, 3.8) is 0 Å². The first-order chi connectivity index (χ1) is 12.2. The van der Waals surface area contributed by atoms with Gasteiger partial charge in [0.25, 0.3) is 0 Å². The fraction of sp³-hybridized carbons (Fsp3) is 0.471. The molecule has 0 radical (unpaired) electrons. The summed E-state index contributed by atoms with van der Waals surface area (Å²) in [7, 11) is 1.54. The van der Waals surface area contributed by atoms with Crippen LogP contribution in [0, 0.1) is 0 Å². The Morgan fingerprint density at radius 2 is 2.31 bits per heavy atom. The number of aromatic nitrogens is 3. The van der Waals surface area contributed by atoms with Crippen LogP contribution in [0.3, 0.4) is 0 Å². The van der Waals surface area contributed by atoms with Gasteiger partial charge in [-0.25, -0.2) is 14.7 Å². The maximum absolute atomic E-state index is 10.2. The summed E-state index contributed by atoms with van der Waals surface area (Å²) >= 11 is 0. The minimum atomic E-state index is 0. The number of methoxy groups -OCH3 is 1. The molecule has 26 heavy (non-hydrogen) atoms. The second-order valence-electron chi connectivity index (χ2n) is 5.90. The van der Waals surface area contributed by atoms with Gasteiger partial charge in [0.15, 0.2) is 17.5 Å². The normalized spacial score (nSPS) is 16.4. The Kier molecular flexibility index (Phi) is 7.49. The predicted octanol–water partition coefficient (Wildman–Crippen LogP) is 1.68. The summed E-state index contributed by atoms with van der Waals surface area (Å²) in [6.07, 6.45) is 3.48. The minimum absolute atomic E-state index is 0. The molecule has 0 saturated carbocycles. The highest BCUT2D eigenvalue weighted by atomic mass is 127. The van der Waals surface area contributed by atoms with Crippen LogP contribution in [0.4, 0.5) is 0 Å². The van der Waals surface area contributed by atoms with E-state index in [1.807, 2.05) is 23.7 Å². The number of aromatic hydroxyl groups is 1. The summed E-state index contributed by atoms with van der Waals surface area (Å²) in [5.41, 5.74) is 0.721. The average molecular weight is 472 g/mol. The van der Waals surface area contributed by atoms with Gasteiger partial charge < -0.3 is 20.5 Å². The van der Waals surface area contributed by atoms with Gasteiger partial charge in [0.05, 0.1) is 20.2 Å². The van der Waals surface area contributed by atoms with Crippen LogP contribution in [0.25, 0.3) is 0 Å². The van der Waals surface area contributed by atoms with E-state index >= 15 is 0 Å². The third-order valence-electron chi connectivity index (χ3n) is 4.20. The highest BCUT2D eigenvalue weighted by Crippen LogP contribution is 2.29. The number of rotatable bonds is 5. The number of phenolic OH excluding ortho intramolecular Hbond substituents is 1. The predicted molar refractivity (Wildman–Crippen MR) is 110 cm³/mol. The molecular weight excluding hydrogens is 447 g/mol. The lowest BCUT2D eigenvalue weighted by atomic mass is 10.1. The second kappa shape index (κ2) is 9.60. The SMILES string of the molecule is CCNC(=NCc1cccc(OC)c1O)NC1CCc2ncnn2C1.I. The van der Waals surface area contributed by atoms with Gasteiger partial charge in [-0.05, 0) is 19.4 Å². The molecular formula is C17H25IN6O2. The second-order valence-corrected chi connectivity index (χ2v) is 5.90. The fourth-order valence-electron chi connectivity index (χ4n) is 2.89. The third kappa shape index (κ3) is 4.77. The van der Waals surface area contributed by atoms with Crippen molar-refractivity contribution in [1.82, 2.24) is 25.4 Å². The third-order valence-corrected chi connectivity index (χ3v) is 4.20. The summed E-state index contributed by atoms with van der Waals surface area (Å²) < 4.78 is 7.07. The smallest absolute Gasteiger partial charge is 0.191 e. The lowest BCUT2D eigenvalue weighted by molar-refractivity contribution is 0.370. The zero-order valence-corrected chi connectivity index (χ0v) is 17.3. The van der Waals surface area contributed by atoms with E-state index in [9.17, 15) is 5.11 Å². The molecule has 3 N–H and O–H groups in total. The van der Waals surface area contributed by atoms with Gasteiger partial charge in [-0.1, -0.05) is 12.1 Å². The van der Waals surface area contributed by atoms with Gasteiger partial charge in [0.1, 0.15) is 12.2 Å². The molecule has 0 fully saturated rings. The van der Waals surface area contributed by atoms with Gasteiger partial charge >= 0.3 is 0 Å². The number of fused-ring (bicyclic) bond motifs is 1. The van der Waals surface area contributed by atoms with Crippen molar-refractivity contribution in [2.75, 3.05) is 13.7 Å². The van der Waals surface area contributed by atoms with Crippen LogP contribution in [0.5, 0.6) is 11.5 Å². The van der Waals surface area contributed by atoms with Crippen LogP contribution in [-0.4, -0.2) is 45.5 Å². The van der Waals surface area contributed by atoms with E-state index in [1.54, 1.807) is 12.4 Å². The van der Waals surface area contributed by atoms with E-state index in [0.717, 1.165) is 43.3 Å². The van der Waals surface area contributed by atoms with E-state index in [1.165, 1.54) is 7.11 Å². The largest absolute Gasteiger partial charge is 0.504 e. The van der Waals surface area contributed by atoms with Crippen LogP contribution < -0.4 is 15.4 Å². The zero-order chi connectivity index (χ0) is 17.6. The van der Waals surface area contributed by atoms with Gasteiger partial charge in [-0.2, -0.15) is 5.10 Å². The van der Waals surface area contributed by atoms with Crippen molar-refractivity contribution in [2.45, 2.75) is 38.9 Å². The van der Waals surface area contributed by atoms with Gasteiger partial charge in [0, 0.05) is 24.6 Å². The fourth-order valence-corrected chi connectivity index (χ4v) is 2.89. The number of phenols is 1. The number of nitrogens with zero attached hydrogens (tertiary/aromatic N) is 4. The molecule has 1 aromatic carbocycles. The van der Waals surface area contributed by atoms with E-state index in [-0.39, 0.29) is 35.8 Å². The van der Waals surface area contributed by atoms with Crippen molar-refractivity contribution in [3.8, 4) is 11.5 Å². The molecule has 0 saturated heterocycles. The molecule has 1 aliphatic heterocycles. The molecule has 1 atom stereocenters. The zero-order valence-electron chi connectivity index (χ0n) is 15.0. The lowest BCUT2D eigenvalue weighted by Crippen LogP contribution is -2.47. The van der Waals surface area contributed by atoms with Crippen molar-refractivity contribution < 1.29 is 9.84 Å². The Labute approximate surface area is 170 Å². The Bertz CT molecular complexity index is 749.